The van der Waals surface area contributed by atoms with E-state index in [9.17, 15) is 9.59 Å². The standard InChI is InChI=1S/C28H30BrFN4O3S/c1-6-23(35)33-16(3)11-32(12-17(33)4)27-21-9-15(2)24(20-10-18(29)7-8-22(20)30)26-25(21)34(28(36)31-27)19(13-37-5)14-38-26/h6-10,16-17,19H,1,11-14H2,2-5H3/t16-,17+,19-/m0/s1. The van der Waals surface area contributed by atoms with Gasteiger partial charge in [0.2, 0.25) is 5.91 Å². The van der Waals surface area contributed by atoms with Crippen molar-refractivity contribution in [2.45, 2.75) is 43.8 Å². The molecule has 5 rings (SSSR count). The average molecular weight is 602 g/mol. The van der Waals surface area contributed by atoms with Crippen LogP contribution in [0.15, 0.2) is 51.1 Å². The molecule has 0 saturated carbocycles. The summed E-state index contributed by atoms with van der Waals surface area (Å²) in [5.41, 5.74) is 2.57. The number of anilines is 1. The number of aryl methyl sites for hydroxylation is 1. The van der Waals surface area contributed by atoms with Gasteiger partial charge in [-0.25, -0.2) is 9.18 Å². The van der Waals surface area contributed by atoms with Gasteiger partial charge >= 0.3 is 5.69 Å². The highest BCUT2D eigenvalue weighted by Crippen LogP contribution is 2.46. The lowest BCUT2D eigenvalue weighted by Crippen LogP contribution is -2.58. The topological polar surface area (TPSA) is 67.7 Å². The number of benzene rings is 2. The second-order valence-electron chi connectivity index (χ2n) is 9.98. The van der Waals surface area contributed by atoms with Crippen molar-refractivity contribution < 1.29 is 13.9 Å². The number of amides is 1. The molecule has 0 aliphatic carbocycles. The molecule has 0 N–H and O–H groups in total. The van der Waals surface area contributed by atoms with Crippen LogP contribution in [0.3, 0.4) is 0 Å². The van der Waals surface area contributed by atoms with E-state index in [1.807, 2.05) is 31.7 Å². The number of hydrogen-bond acceptors (Lipinski definition) is 6. The minimum atomic E-state index is -0.356. The summed E-state index contributed by atoms with van der Waals surface area (Å²) in [5.74, 6) is 0.777. The molecule has 1 saturated heterocycles. The third-order valence-electron chi connectivity index (χ3n) is 7.33. The Balaban J connectivity index is 1.76. The highest BCUT2D eigenvalue weighted by atomic mass is 79.9. The molecule has 3 atom stereocenters. The Hall–Kier alpha value is -2.69. The van der Waals surface area contributed by atoms with Gasteiger partial charge in [0.25, 0.3) is 0 Å². The molecule has 3 heterocycles. The Kier molecular flexibility index (Phi) is 7.41. The summed E-state index contributed by atoms with van der Waals surface area (Å²) in [7, 11) is 1.62. The number of ether oxygens (including phenoxy) is 1. The third kappa shape index (κ3) is 4.46. The minimum absolute atomic E-state index is 0.0948. The molecule has 7 nitrogen and oxygen atoms in total. The van der Waals surface area contributed by atoms with E-state index in [0.717, 1.165) is 31.4 Å². The molecule has 1 aromatic heterocycles. The molecular weight excluding hydrogens is 571 g/mol. The molecule has 0 radical (unpaired) electrons. The molecule has 1 fully saturated rings. The summed E-state index contributed by atoms with van der Waals surface area (Å²) < 4.78 is 23.1. The fraction of sp³-hybridized carbons (Fsp3) is 0.393. The maximum absolute atomic E-state index is 15.2. The normalized spacial score (nSPS) is 21.2. The van der Waals surface area contributed by atoms with Crippen molar-refractivity contribution in [3.05, 3.63) is 63.3 Å². The highest BCUT2D eigenvalue weighted by molar-refractivity contribution is 9.10. The summed E-state index contributed by atoms with van der Waals surface area (Å²) in [6.07, 6.45) is 1.34. The van der Waals surface area contributed by atoms with Crippen molar-refractivity contribution in [3.8, 4) is 11.1 Å². The van der Waals surface area contributed by atoms with Crippen LogP contribution in [-0.2, 0) is 9.53 Å². The lowest BCUT2D eigenvalue weighted by atomic mass is 9.96. The molecular formula is C28H30BrFN4O3S. The van der Waals surface area contributed by atoms with Crippen LogP contribution in [0, 0.1) is 12.7 Å². The summed E-state index contributed by atoms with van der Waals surface area (Å²) in [6.45, 7) is 11.0. The number of carbonyl (C=O) groups is 1. The van der Waals surface area contributed by atoms with Gasteiger partial charge in [-0.05, 0) is 56.7 Å². The maximum Gasteiger partial charge on any atom is 0.350 e. The van der Waals surface area contributed by atoms with Crippen LogP contribution < -0.4 is 10.6 Å². The second kappa shape index (κ2) is 10.5. The van der Waals surface area contributed by atoms with Crippen LogP contribution in [0.1, 0.15) is 25.5 Å². The number of carbonyl (C=O) groups excluding carboxylic acids is 1. The van der Waals surface area contributed by atoms with E-state index in [0.29, 0.717) is 36.8 Å². The number of hydrogen-bond donors (Lipinski definition) is 0. The summed E-state index contributed by atoms with van der Waals surface area (Å²) in [6, 6.07) is 6.54. The number of halogens is 2. The Morgan fingerprint density at radius 2 is 2.00 bits per heavy atom. The van der Waals surface area contributed by atoms with Crippen LogP contribution in [0.4, 0.5) is 10.2 Å². The number of nitrogens with zero attached hydrogens (tertiary/aromatic N) is 4. The zero-order chi connectivity index (χ0) is 27.3. The van der Waals surface area contributed by atoms with E-state index in [-0.39, 0.29) is 35.5 Å². The summed E-state index contributed by atoms with van der Waals surface area (Å²) in [4.78, 5) is 35.5. The van der Waals surface area contributed by atoms with Gasteiger partial charge in [-0.1, -0.05) is 22.5 Å². The molecule has 0 spiro atoms. The molecule has 2 aromatic carbocycles. The Bertz CT molecular complexity index is 1500. The summed E-state index contributed by atoms with van der Waals surface area (Å²) in [5, 5.41) is 0.840. The fourth-order valence-corrected chi connectivity index (χ4v) is 7.56. The first-order valence-electron chi connectivity index (χ1n) is 12.5. The van der Waals surface area contributed by atoms with Gasteiger partial charge in [-0.15, -0.1) is 11.8 Å². The minimum Gasteiger partial charge on any atom is -0.383 e. The van der Waals surface area contributed by atoms with Crippen LogP contribution in [0.5, 0.6) is 0 Å². The van der Waals surface area contributed by atoms with Crippen molar-refractivity contribution in [1.29, 1.82) is 0 Å². The number of rotatable bonds is 5. The largest absolute Gasteiger partial charge is 0.383 e. The molecule has 0 unspecified atom stereocenters. The second-order valence-corrected chi connectivity index (χ2v) is 11.9. The van der Waals surface area contributed by atoms with Crippen LogP contribution >= 0.6 is 27.7 Å². The number of aromatic nitrogens is 2. The van der Waals surface area contributed by atoms with E-state index in [1.54, 1.807) is 35.6 Å². The lowest BCUT2D eigenvalue weighted by molar-refractivity contribution is -0.130. The number of piperazine rings is 1. The van der Waals surface area contributed by atoms with Crippen LogP contribution in [0.25, 0.3) is 22.0 Å². The lowest BCUT2D eigenvalue weighted by Gasteiger charge is -2.45. The van der Waals surface area contributed by atoms with Gasteiger partial charge in [0, 0.05) is 63.9 Å². The predicted octanol–water partition coefficient (Wildman–Crippen LogP) is 5.18. The van der Waals surface area contributed by atoms with Crippen molar-refractivity contribution in [2.24, 2.45) is 0 Å². The number of methoxy groups -OCH3 is 1. The van der Waals surface area contributed by atoms with Gasteiger partial charge < -0.3 is 14.5 Å². The van der Waals surface area contributed by atoms with Gasteiger partial charge in [0.15, 0.2) is 0 Å². The molecule has 1 amide bonds. The molecule has 0 bridgehead atoms. The Labute approximate surface area is 233 Å². The van der Waals surface area contributed by atoms with Crippen molar-refractivity contribution in [1.82, 2.24) is 14.5 Å². The zero-order valence-electron chi connectivity index (χ0n) is 21.8. The molecule has 2 aliphatic heterocycles. The molecule has 10 heteroatoms. The number of thioether (sulfide) groups is 1. The van der Waals surface area contributed by atoms with Crippen molar-refractivity contribution >= 4 is 50.3 Å². The Morgan fingerprint density at radius 1 is 1.29 bits per heavy atom. The predicted molar refractivity (Wildman–Crippen MR) is 154 cm³/mol. The van der Waals surface area contributed by atoms with E-state index in [4.69, 9.17) is 4.74 Å². The van der Waals surface area contributed by atoms with Crippen LogP contribution in [0.2, 0.25) is 0 Å². The van der Waals surface area contributed by atoms with E-state index < -0.39 is 0 Å². The molecule has 38 heavy (non-hydrogen) atoms. The first-order chi connectivity index (χ1) is 18.2. The fourth-order valence-electron chi connectivity index (χ4n) is 5.84. The average Bonchev–Trinajstić information content (AvgIpc) is 2.87. The van der Waals surface area contributed by atoms with E-state index in [1.165, 1.54) is 12.1 Å². The zero-order valence-corrected chi connectivity index (χ0v) is 24.2. The quantitative estimate of drug-likeness (QED) is 0.376. The van der Waals surface area contributed by atoms with Gasteiger partial charge in [0.05, 0.1) is 18.2 Å². The first-order valence-corrected chi connectivity index (χ1v) is 14.3. The van der Waals surface area contributed by atoms with Crippen molar-refractivity contribution in [3.63, 3.8) is 0 Å². The SMILES string of the molecule is C=CC(=O)N1[C@H](C)CN(c2nc(=O)n3c4c(c(-c5cc(Br)ccc5F)c(C)cc24)SC[C@@H]3COC)C[C@@H]1C. The van der Waals surface area contributed by atoms with E-state index >= 15 is 4.39 Å². The Morgan fingerprint density at radius 3 is 2.66 bits per heavy atom. The van der Waals surface area contributed by atoms with Crippen molar-refractivity contribution in [2.75, 3.05) is 37.5 Å². The molecule has 200 valence electrons. The van der Waals surface area contributed by atoms with Crippen LogP contribution in [-0.4, -0.2) is 65.0 Å². The smallest absolute Gasteiger partial charge is 0.350 e. The third-order valence-corrected chi connectivity index (χ3v) is 9.06. The monoisotopic (exact) mass is 600 g/mol. The van der Waals surface area contributed by atoms with Gasteiger partial charge in [0.1, 0.15) is 11.6 Å². The van der Waals surface area contributed by atoms with Gasteiger partial charge in [-0.3, -0.25) is 9.36 Å². The molecule has 3 aromatic rings. The highest BCUT2D eigenvalue weighted by Gasteiger charge is 2.35. The first kappa shape index (κ1) is 26.9. The summed E-state index contributed by atoms with van der Waals surface area (Å²) >= 11 is 5.10. The molecule has 2 aliphatic rings. The van der Waals surface area contributed by atoms with E-state index in [2.05, 4.69) is 32.4 Å². The maximum atomic E-state index is 15.2. The van der Waals surface area contributed by atoms with Gasteiger partial charge in [-0.2, -0.15) is 4.98 Å².